The smallest absolute Gasteiger partial charge is 0.297 e. The van der Waals surface area contributed by atoms with Gasteiger partial charge in [0.05, 0.1) is 18.0 Å². The van der Waals surface area contributed by atoms with E-state index in [0.717, 1.165) is 17.7 Å². The number of nitrogens with zero attached hydrogens (tertiary/aromatic N) is 5. The third-order valence-corrected chi connectivity index (χ3v) is 5.74. The molecular formula is C29H35N5O2. The molecule has 0 bridgehead atoms. The lowest BCUT2D eigenvalue weighted by Crippen LogP contribution is -2.23. The summed E-state index contributed by atoms with van der Waals surface area (Å²) in [5, 5.41) is 20.3. The molecule has 3 rings (SSSR count). The average Bonchev–Trinajstić information content (AvgIpc) is 3.44. The number of benzene rings is 1. The van der Waals surface area contributed by atoms with E-state index in [1.54, 1.807) is 38.9 Å². The van der Waals surface area contributed by atoms with Crippen molar-refractivity contribution < 1.29 is 9.84 Å². The number of nitriles is 1. The van der Waals surface area contributed by atoms with Crippen LogP contribution in [0.15, 0.2) is 100 Å². The highest BCUT2D eigenvalue weighted by Crippen LogP contribution is 2.41. The molecule has 0 saturated carbocycles. The van der Waals surface area contributed by atoms with E-state index in [0.29, 0.717) is 28.5 Å². The number of ether oxygens (including phenoxy) is 1. The maximum Gasteiger partial charge on any atom is 0.297 e. The summed E-state index contributed by atoms with van der Waals surface area (Å²) in [5.74, 6) is -0.0957. The van der Waals surface area contributed by atoms with Gasteiger partial charge in [0.15, 0.2) is 0 Å². The fraction of sp³-hybridized carbons (Fsp3) is 0.310. The number of aliphatic hydroxyl groups is 1. The normalized spacial score (nSPS) is 17.0. The van der Waals surface area contributed by atoms with Crippen LogP contribution in [0.2, 0.25) is 0 Å². The van der Waals surface area contributed by atoms with Gasteiger partial charge in [0.2, 0.25) is 0 Å². The van der Waals surface area contributed by atoms with Crippen LogP contribution in [0, 0.1) is 17.2 Å². The monoisotopic (exact) mass is 485 g/mol. The molecule has 2 aromatic rings. The van der Waals surface area contributed by atoms with Crippen LogP contribution in [0.4, 0.5) is 0 Å². The van der Waals surface area contributed by atoms with E-state index in [-0.39, 0.29) is 5.57 Å². The topological polar surface area (TPSA) is 95.8 Å². The van der Waals surface area contributed by atoms with Crippen molar-refractivity contribution in [3.8, 4) is 11.8 Å². The van der Waals surface area contributed by atoms with Crippen molar-refractivity contribution in [1.82, 2.24) is 9.55 Å². The largest absolute Gasteiger partial charge is 0.480 e. The summed E-state index contributed by atoms with van der Waals surface area (Å²) in [4.78, 5) is 12.9. The van der Waals surface area contributed by atoms with E-state index < -0.39 is 11.9 Å². The lowest BCUT2D eigenvalue weighted by atomic mass is 9.79. The molecule has 2 heterocycles. The first-order valence-electron chi connectivity index (χ1n) is 12.1. The first-order chi connectivity index (χ1) is 17.4. The van der Waals surface area contributed by atoms with E-state index in [2.05, 4.69) is 41.5 Å². The van der Waals surface area contributed by atoms with Crippen molar-refractivity contribution in [3.05, 3.63) is 95.8 Å². The Balaban J connectivity index is 0.00000222. The van der Waals surface area contributed by atoms with Gasteiger partial charge in [-0.25, -0.2) is 4.98 Å². The second-order valence-corrected chi connectivity index (χ2v) is 8.00. The van der Waals surface area contributed by atoms with Gasteiger partial charge in [-0.05, 0) is 30.5 Å². The van der Waals surface area contributed by atoms with E-state index in [4.69, 9.17) is 4.74 Å². The number of allylic oxidation sites excluding steroid dienone is 5. The quantitative estimate of drug-likeness (QED) is 0.414. The molecule has 2 atom stereocenters. The minimum Gasteiger partial charge on any atom is -0.480 e. The van der Waals surface area contributed by atoms with Crippen molar-refractivity contribution in [2.24, 2.45) is 15.9 Å². The van der Waals surface area contributed by atoms with Crippen molar-refractivity contribution in [1.29, 1.82) is 5.26 Å². The highest BCUT2D eigenvalue weighted by Gasteiger charge is 2.35. The van der Waals surface area contributed by atoms with Crippen LogP contribution in [0.1, 0.15) is 52.5 Å². The molecule has 7 nitrogen and oxygen atoms in total. The molecule has 1 N–H and O–H groups in total. The number of aromatic nitrogens is 2. The Morgan fingerprint density at radius 3 is 2.58 bits per heavy atom. The average molecular weight is 486 g/mol. The third-order valence-electron chi connectivity index (χ3n) is 5.74. The predicted molar refractivity (Wildman–Crippen MR) is 146 cm³/mol. The molecule has 0 saturated heterocycles. The van der Waals surface area contributed by atoms with Crippen LogP contribution in [-0.4, -0.2) is 33.6 Å². The van der Waals surface area contributed by atoms with E-state index in [9.17, 15) is 10.4 Å². The molecule has 0 amide bonds. The zero-order valence-corrected chi connectivity index (χ0v) is 21.9. The summed E-state index contributed by atoms with van der Waals surface area (Å²) in [6, 6.07) is 9.82. The lowest BCUT2D eigenvalue weighted by Gasteiger charge is -2.28. The molecule has 1 aliphatic rings. The van der Waals surface area contributed by atoms with Crippen molar-refractivity contribution in [3.63, 3.8) is 0 Å². The van der Waals surface area contributed by atoms with E-state index >= 15 is 0 Å². The highest BCUT2D eigenvalue weighted by molar-refractivity contribution is 6.24. The predicted octanol–water partition coefficient (Wildman–Crippen LogP) is 6.84. The van der Waals surface area contributed by atoms with Crippen LogP contribution in [0.25, 0.3) is 5.69 Å². The Hall–Kier alpha value is -4.18. The summed E-state index contributed by atoms with van der Waals surface area (Å²) >= 11 is 0. The Morgan fingerprint density at radius 2 is 2.03 bits per heavy atom. The maximum atomic E-state index is 10.4. The molecule has 36 heavy (non-hydrogen) atoms. The van der Waals surface area contributed by atoms with Gasteiger partial charge >= 0.3 is 0 Å². The fourth-order valence-electron chi connectivity index (χ4n) is 3.69. The van der Waals surface area contributed by atoms with Crippen molar-refractivity contribution in [2.75, 3.05) is 7.05 Å². The number of rotatable bonds is 8. The zero-order chi connectivity index (χ0) is 26.7. The van der Waals surface area contributed by atoms with Crippen LogP contribution in [0.3, 0.4) is 0 Å². The zero-order valence-electron chi connectivity index (χ0n) is 21.9. The molecule has 1 aromatic carbocycles. The molecule has 0 radical (unpaired) electrons. The van der Waals surface area contributed by atoms with Crippen LogP contribution in [-0.2, 0) is 4.74 Å². The van der Waals surface area contributed by atoms with Gasteiger partial charge < -0.3 is 14.4 Å². The second kappa shape index (κ2) is 13.6. The Labute approximate surface area is 214 Å². The summed E-state index contributed by atoms with van der Waals surface area (Å²) in [6.07, 6.45) is 11.7. The summed E-state index contributed by atoms with van der Waals surface area (Å²) < 4.78 is 7.43. The van der Waals surface area contributed by atoms with Crippen LogP contribution in [0.5, 0.6) is 0 Å². The lowest BCUT2D eigenvalue weighted by molar-refractivity contribution is 0.134. The Bertz CT molecular complexity index is 1220. The van der Waals surface area contributed by atoms with Gasteiger partial charge in [0, 0.05) is 48.7 Å². The van der Waals surface area contributed by atoms with E-state index in [1.807, 2.05) is 55.0 Å². The fourth-order valence-corrected chi connectivity index (χ4v) is 3.69. The number of aliphatic imine (C=N–C) groups is 2. The number of imidazole rings is 1. The first kappa shape index (κ1) is 28.1. The summed E-state index contributed by atoms with van der Waals surface area (Å²) in [6.45, 7) is 14.1. The van der Waals surface area contributed by atoms with Crippen molar-refractivity contribution in [2.45, 2.75) is 47.0 Å². The first-order valence-corrected chi connectivity index (χ1v) is 12.1. The molecule has 0 fully saturated rings. The standard InChI is InChI=1S/C27H29N5O2.C2H6/c1-6-18(2)11-12-30-16-19(3)26(29-5)24-20(4)34-27(33)23(15-28)25(24)21-7-9-22(10-8-21)32-14-13-31-17-32;1-2/h7-14,16-18,25,33H,3,6H2,1-2,4-5H3;1-2H3/b12-11-,29-26?,30-16?;. The van der Waals surface area contributed by atoms with Crippen LogP contribution >= 0.6 is 0 Å². The molecule has 1 aliphatic heterocycles. The van der Waals surface area contributed by atoms with Gasteiger partial charge in [-0.2, -0.15) is 5.26 Å². The molecule has 188 valence electrons. The molecule has 0 aliphatic carbocycles. The second-order valence-electron chi connectivity index (χ2n) is 8.00. The maximum absolute atomic E-state index is 10.4. The Kier molecular flexibility index (Phi) is 10.6. The van der Waals surface area contributed by atoms with Gasteiger partial charge in [-0.3, -0.25) is 9.98 Å². The number of aliphatic hydroxyl groups excluding tert-OH is 1. The summed E-state index contributed by atoms with van der Waals surface area (Å²) in [7, 11) is 1.66. The summed E-state index contributed by atoms with van der Waals surface area (Å²) in [5.41, 5.74) is 3.65. The molecule has 1 aromatic heterocycles. The SMILES string of the molecule is C=C(C=N/C=C\C(C)CC)C(=NC)C1=C(C)OC(O)=C(C#N)C1c1ccc(-n2ccnc2)cc1.CC. The van der Waals surface area contributed by atoms with Gasteiger partial charge in [0.1, 0.15) is 17.4 Å². The minimum absolute atomic E-state index is 0.110. The third kappa shape index (κ3) is 6.48. The molecule has 0 spiro atoms. The van der Waals surface area contributed by atoms with Gasteiger partial charge in [0.25, 0.3) is 5.95 Å². The Morgan fingerprint density at radius 1 is 1.33 bits per heavy atom. The number of hydrogen-bond donors (Lipinski definition) is 1. The number of hydrogen-bond acceptors (Lipinski definition) is 6. The minimum atomic E-state index is -0.574. The highest BCUT2D eigenvalue weighted by atomic mass is 16.6. The molecule has 7 heteroatoms. The van der Waals surface area contributed by atoms with E-state index in [1.165, 1.54) is 0 Å². The van der Waals surface area contributed by atoms with Gasteiger partial charge in [-0.15, -0.1) is 0 Å². The van der Waals surface area contributed by atoms with Gasteiger partial charge in [-0.1, -0.05) is 58.9 Å². The molecular weight excluding hydrogens is 450 g/mol. The van der Waals surface area contributed by atoms with Crippen LogP contribution < -0.4 is 0 Å². The van der Waals surface area contributed by atoms with Crippen molar-refractivity contribution >= 4 is 11.9 Å². The molecule has 2 unspecified atom stereocenters.